The van der Waals surface area contributed by atoms with Crippen LogP contribution in [-0.2, 0) is 27.8 Å². The molecule has 10 nitrogen and oxygen atoms in total. The van der Waals surface area contributed by atoms with Crippen molar-refractivity contribution in [3.63, 3.8) is 0 Å². The maximum atomic E-state index is 13.2. The summed E-state index contributed by atoms with van der Waals surface area (Å²) in [4.78, 5) is 25.5. The van der Waals surface area contributed by atoms with E-state index in [0.717, 1.165) is 9.87 Å². The number of carbonyl (C=O) groups is 1. The number of rotatable bonds is 5. The van der Waals surface area contributed by atoms with Crippen molar-refractivity contribution in [2.24, 2.45) is 0 Å². The van der Waals surface area contributed by atoms with Gasteiger partial charge in [0, 0.05) is 18.7 Å². The molecule has 0 aliphatic carbocycles. The molecule has 0 saturated heterocycles. The summed E-state index contributed by atoms with van der Waals surface area (Å²) in [5, 5.41) is 21.7. The third kappa shape index (κ3) is 3.74. The number of hydrogen-bond acceptors (Lipinski definition) is 6. The Bertz CT molecular complexity index is 1270. The maximum Gasteiger partial charge on any atom is 0.272 e. The van der Waals surface area contributed by atoms with Crippen molar-refractivity contribution in [1.29, 1.82) is 0 Å². The highest BCUT2D eigenvalue weighted by Crippen LogP contribution is 2.32. The van der Waals surface area contributed by atoms with Crippen LogP contribution in [0.2, 0.25) is 0 Å². The molecule has 0 bridgehead atoms. The Labute approximate surface area is 177 Å². The number of sulfonamides is 1. The molecule has 4 N–H and O–H groups in total. The molecule has 0 spiro atoms. The minimum atomic E-state index is -4.20. The van der Waals surface area contributed by atoms with Crippen LogP contribution in [0.25, 0.3) is 0 Å². The molecule has 1 aliphatic heterocycles. The van der Waals surface area contributed by atoms with Gasteiger partial charge < -0.3 is 5.11 Å². The highest BCUT2D eigenvalue weighted by atomic mass is 32.2. The van der Waals surface area contributed by atoms with Gasteiger partial charge in [0.05, 0.1) is 17.0 Å². The van der Waals surface area contributed by atoms with Gasteiger partial charge in [0.2, 0.25) is 10.0 Å². The molecule has 1 unspecified atom stereocenters. The van der Waals surface area contributed by atoms with Crippen LogP contribution in [0.3, 0.4) is 0 Å². The largest absolute Gasteiger partial charge is 0.508 e. The van der Waals surface area contributed by atoms with Gasteiger partial charge in [-0.3, -0.25) is 19.9 Å². The number of hydroxylamine groups is 1. The van der Waals surface area contributed by atoms with E-state index in [0.29, 0.717) is 5.69 Å². The third-order valence-electron chi connectivity index (χ3n) is 5.20. The normalized spacial score (nSPS) is 16.6. The molecular formula is C20H20N4O6S. The van der Waals surface area contributed by atoms with E-state index in [1.165, 1.54) is 34.4 Å². The van der Waals surface area contributed by atoms with E-state index >= 15 is 0 Å². The van der Waals surface area contributed by atoms with Crippen LogP contribution in [0.1, 0.15) is 22.9 Å². The molecule has 0 saturated carbocycles. The van der Waals surface area contributed by atoms with Gasteiger partial charge in [0.15, 0.2) is 0 Å². The van der Waals surface area contributed by atoms with Crippen molar-refractivity contribution in [2.75, 3.05) is 6.54 Å². The summed E-state index contributed by atoms with van der Waals surface area (Å²) in [6.45, 7) is 0.129. The number of aromatic hydroxyl groups is 1. The Morgan fingerprint density at radius 2 is 1.81 bits per heavy atom. The Kier molecular flexibility index (Phi) is 5.39. The average Bonchev–Trinajstić information content (AvgIpc) is 3.09. The highest BCUT2D eigenvalue weighted by molar-refractivity contribution is 7.89. The maximum absolute atomic E-state index is 13.2. The summed E-state index contributed by atoms with van der Waals surface area (Å²) in [6, 6.07) is 12.5. The number of benzene rings is 2. The first-order valence-electron chi connectivity index (χ1n) is 9.43. The fourth-order valence-corrected chi connectivity index (χ4v) is 5.29. The third-order valence-corrected chi connectivity index (χ3v) is 7.08. The van der Waals surface area contributed by atoms with Crippen molar-refractivity contribution in [3.8, 4) is 5.75 Å². The minimum absolute atomic E-state index is 0.0314. The predicted octanol–water partition coefficient (Wildman–Crippen LogP) is 0.724. The number of fused-ring (bicyclic) bond motifs is 1. The second-order valence-corrected chi connectivity index (χ2v) is 9.01. The molecule has 31 heavy (non-hydrogen) atoms. The Morgan fingerprint density at radius 3 is 2.45 bits per heavy atom. The summed E-state index contributed by atoms with van der Waals surface area (Å²) < 4.78 is 28.6. The van der Waals surface area contributed by atoms with Crippen LogP contribution in [0.4, 0.5) is 0 Å². The van der Waals surface area contributed by atoms with Gasteiger partial charge in [-0.15, -0.1) is 0 Å². The van der Waals surface area contributed by atoms with E-state index in [1.54, 1.807) is 0 Å². The number of amides is 1. The van der Waals surface area contributed by atoms with Gasteiger partial charge in [-0.1, -0.05) is 30.3 Å². The molecular weight excluding hydrogens is 424 g/mol. The number of carbonyl (C=O) groups excluding carboxylic acids is 1. The van der Waals surface area contributed by atoms with Crippen molar-refractivity contribution in [2.45, 2.75) is 23.9 Å². The van der Waals surface area contributed by atoms with Crippen LogP contribution in [0, 0.1) is 0 Å². The molecule has 162 valence electrons. The lowest BCUT2D eigenvalue weighted by atomic mass is 10.0. The number of hydrogen-bond donors (Lipinski definition) is 4. The first-order valence-corrected chi connectivity index (χ1v) is 10.9. The number of phenols is 1. The van der Waals surface area contributed by atoms with E-state index in [1.807, 2.05) is 30.3 Å². The monoisotopic (exact) mass is 444 g/mol. The topological polar surface area (TPSA) is 145 Å². The van der Waals surface area contributed by atoms with Crippen molar-refractivity contribution < 1.29 is 23.5 Å². The lowest BCUT2D eigenvalue weighted by Gasteiger charge is -2.32. The number of nitrogens with one attached hydrogen (secondary N) is 2. The molecule has 2 heterocycles. The summed E-state index contributed by atoms with van der Waals surface area (Å²) >= 11 is 0. The van der Waals surface area contributed by atoms with Gasteiger partial charge in [-0.2, -0.15) is 4.31 Å². The number of aromatic amines is 1. The van der Waals surface area contributed by atoms with E-state index in [-0.39, 0.29) is 35.7 Å². The van der Waals surface area contributed by atoms with Crippen LogP contribution >= 0.6 is 0 Å². The van der Waals surface area contributed by atoms with E-state index < -0.39 is 27.5 Å². The smallest absolute Gasteiger partial charge is 0.272 e. The fraction of sp³-hybridized carbons (Fsp3) is 0.200. The zero-order chi connectivity index (χ0) is 22.2. The highest BCUT2D eigenvalue weighted by Gasteiger charge is 2.43. The molecule has 1 aliphatic rings. The van der Waals surface area contributed by atoms with Gasteiger partial charge in [-0.25, -0.2) is 18.6 Å². The van der Waals surface area contributed by atoms with Gasteiger partial charge in [0.25, 0.3) is 11.5 Å². The van der Waals surface area contributed by atoms with E-state index in [9.17, 15) is 28.3 Å². The molecule has 4 rings (SSSR count). The van der Waals surface area contributed by atoms with E-state index in [2.05, 4.69) is 5.10 Å². The van der Waals surface area contributed by atoms with Crippen LogP contribution in [0.5, 0.6) is 5.75 Å². The Morgan fingerprint density at radius 1 is 1.13 bits per heavy atom. The second kappa shape index (κ2) is 8.02. The number of phenolic OH excluding ortho intramolecular Hbond substituents is 1. The SMILES string of the molecule is O=C(NO)C1c2c([nH]n(Cc3ccccc3)c2=O)CCN1S(=O)(=O)c1ccc(O)cc1. The van der Waals surface area contributed by atoms with Crippen LogP contribution < -0.4 is 11.0 Å². The Balaban J connectivity index is 1.78. The summed E-state index contributed by atoms with van der Waals surface area (Å²) in [5.41, 5.74) is 2.19. The standard InChI is InChI=1S/C20H20N4O6S/c25-14-6-8-15(9-7-14)31(29,30)24-11-10-16-17(18(24)19(26)22-28)20(27)23(21-16)12-13-4-2-1-3-5-13/h1-9,18,21,25,28H,10-12H2,(H,22,26). The first-order chi connectivity index (χ1) is 14.8. The zero-order valence-electron chi connectivity index (χ0n) is 16.2. The fourth-order valence-electron chi connectivity index (χ4n) is 3.73. The molecule has 0 radical (unpaired) electrons. The summed E-state index contributed by atoms with van der Waals surface area (Å²) in [6.07, 6.45) is 0.179. The molecule has 3 aromatic rings. The van der Waals surface area contributed by atoms with Gasteiger partial charge >= 0.3 is 0 Å². The van der Waals surface area contributed by atoms with Gasteiger partial charge in [-0.05, 0) is 29.8 Å². The molecule has 0 fully saturated rings. The van der Waals surface area contributed by atoms with Crippen LogP contribution in [0.15, 0.2) is 64.3 Å². The van der Waals surface area contributed by atoms with Crippen molar-refractivity contribution in [3.05, 3.63) is 81.8 Å². The summed E-state index contributed by atoms with van der Waals surface area (Å²) in [5.74, 6) is -1.15. The minimum Gasteiger partial charge on any atom is -0.508 e. The summed E-state index contributed by atoms with van der Waals surface area (Å²) in [7, 11) is -4.20. The molecule has 1 aromatic heterocycles. The Hall–Kier alpha value is -3.41. The van der Waals surface area contributed by atoms with Crippen molar-refractivity contribution >= 4 is 15.9 Å². The second-order valence-electron chi connectivity index (χ2n) is 7.12. The molecule has 1 amide bonds. The number of H-pyrrole nitrogens is 1. The molecule has 1 atom stereocenters. The number of aromatic nitrogens is 2. The first kappa shape index (κ1) is 20.8. The predicted molar refractivity (Wildman–Crippen MR) is 109 cm³/mol. The zero-order valence-corrected chi connectivity index (χ0v) is 17.0. The lowest BCUT2D eigenvalue weighted by Crippen LogP contribution is -2.48. The van der Waals surface area contributed by atoms with Crippen LogP contribution in [-0.4, -0.2) is 45.3 Å². The van der Waals surface area contributed by atoms with Gasteiger partial charge in [0.1, 0.15) is 11.8 Å². The quantitative estimate of drug-likeness (QED) is 0.337. The lowest BCUT2D eigenvalue weighted by molar-refractivity contribution is -0.133. The molecule has 2 aromatic carbocycles. The molecule has 11 heteroatoms. The number of nitrogens with zero attached hydrogens (tertiary/aromatic N) is 2. The average molecular weight is 444 g/mol. The van der Waals surface area contributed by atoms with Crippen molar-refractivity contribution in [1.82, 2.24) is 19.6 Å². The van der Waals surface area contributed by atoms with E-state index in [4.69, 9.17) is 0 Å².